The molecule has 0 spiro atoms. The number of rotatable bonds is 4. The molecule has 0 fully saturated rings. The predicted octanol–water partition coefficient (Wildman–Crippen LogP) is 2.94. The highest BCUT2D eigenvalue weighted by Gasteiger charge is 2.09. The van der Waals surface area contributed by atoms with Crippen LogP contribution in [0.15, 0.2) is 30.5 Å². The molecule has 90 valence electrons. The Morgan fingerprint density at radius 2 is 2.18 bits per heavy atom. The van der Waals surface area contributed by atoms with Crippen molar-refractivity contribution in [2.45, 2.75) is 20.0 Å². The SMILES string of the molecule is CCn1nccc1-c1ccc(Cl)cc1CNC. The van der Waals surface area contributed by atoms with Crippen molar-refractivity contribution in [1.29, 1.82) is 0 Å². The summed E-state index contributed by atoms with van der Waals surface area (Å²) in [5, 5.41) is 8.23. The molecule has 1 aromatic heterocycles. The molecule has 0 aliphatic carbocycles. The van der Waals surface area contributed by atoms with Crippen LogP contribution in [0.3, 0.4) is 0 Å². The summed E-state index contributed by atoms with van der Waals surface area (Å²) in [7, 11) is 1.93. The number of nitrogens with zero attached hydrogens (tertiary/aromatic N) is 2. The first-order chi connectivity index (χ1) is 8.26. The van der Waals surface area contributed by atoms with Gasteiger partial charge in [0, 0.05) is 29.9 Å². The van der Waals surface area contributed by atoms with Gasteiger partial charge in [-0.05, 0) is 37.7 Å². The van der Waals surface area contributed by atoms with Crippen molar-refractivity contribution >= 4 is 11.6 Å². The Kier molecular flexibility index (Phi) is 3.82. The van der Waals surface area contributed by atoms with E-state index < -0.39 is 0 Å². The van der Waals surface area contributed by atoms with Gasteiger partial charge < -0.3 is 5.32 Å². The lowest BCUT2D eigenvalue weighted by atomic mass is 10.0. The zero-order chi connectivity index (χ0) is 12.3. The molecule has 1 N–H and O–H groups in total. The van der Waals surface area contributed by atoms with Crippen LogP contribution in [0.5, 0.6) is 0 Å². The summed E-state index contributed by atoms with van der Waals surface area (Å²) in [5.41, 5.74) is 3.51. The molecule has 0 saturated heterocycles. The van der Waals surface area contributed by atoms with E-state index in [9.17, 15) is 0 Å². The summed E-state index contributed by atoms with van der Waals surface area (Å²) < 4.78 is 1.99. The molecule has 2 aromatic rings. The molecule has 17 heavy (non-hydrogen) atoms. The third-order valence-corrected chi connectivity index (χ3v) is 2.96. The minimum absolute atomic E-state index is 0.765. The lowest BCUT2D eigenvalue weighted by molar-refractivity contribution is 0.666. The van der Waals surface area contributed by atoms with Crippen LogP contribution in [0.25, 0.3) is 11.3 Å². The first-order valence-electron chi connectivity index (χ1n) is 5.71. The van der Waals surface area contributed by atoms with Gasteiger partial charge in [-0.25, -0.2) is 0 Å². The number of nitrogens with one attached hydrogen (secondary N) is 1. The van der Waals surface area contributed by atoms with E-state index in [0.717, 1.165) is 23.8 Å². The van der Waals surface area contributed by atoms with Gasteiger partial charge in [0.05, 0.1) is 5.69 Å². The summed E-state index contributed by atoms with van der Waals surface area (Å²) in [4.78, 5) is 0. The largest absolute Gasteiger partial charge is 0.316 e. The van der Waals surface area contributed by atoms with Gasteiger partial charge in [-0.2, -0.15) is 5.10 Å². The van der Waals surface area contributed by atoms with Crippen LogP contribution in [0.2, 0.25) is 5.02 Å². The minimum Gasteiger partial charge on any atom is -0.316 e. The van der Waals surface area contributed by atoms with Gasteiger partial charge in [-0.1, -0.05) is 17.7 Å². The molecule has 1 aromatic carbocycles. The fraction of sp³-hybridized carbons (Fsp3) is 0.308. The molecule has 0 unspecified atom stereocenters. The Hall–Kier alpha value is -1.32. The molecule has 0 radical (unpaired) electrons. The smallest absolute Gasteiger partial charge is 0.0685 e. The predicted molar refractivity (Wildman–Crippen MR) is 71.1 cm³/mol. The average Bonchev–Trinajstić information content (AvgIpc) is 2.78. The average molecular weight is 250 g/mol. The maximum Gasteiger partial charge on any atom is 0.0685 e. The molecule has 0 amide bonds. The first kappa shape index (κ1) is 12.1. The fourth-order valence-electron chi connectivity index (χ4n) is 1.96. The van der Waals surface area contributed by atoms with Crippen molar-refractivity contribution in [1.82, 2.24) is 15.1 Å². The molecule has 0 bridgehead atoms. The Morgan fingerprint density at radius 3 is 2.88 bits per heavy atom. The molecular formula is C13H16ClN3. The van der Waals surface area contributed by atoms with E-state index in [-0.39, 0.29) is 0 Å². The highest BCUT2D eigenvalue weighted by atomic mass is 35.5. The summed E-state index contributed by atoms with van der Waals surface area (Å²) >= 11 is 6.04. The Balaban J connectivity index is 2.50. The molecule has 0 aliphatic heterocycles. The topological polar surface area (TPSA) is 29.9 Å². The third-order valence-electron chi connectivity index (χ3n) is 2.73. The van der Waals surface area contributed by atoms with Crippen LogP contribution >= 0.6 is 11.6 Å². The van der Waals surface area contributed by atoms with E-state index >= 15 is 0 Å². The summed E-state index contributed by atoms with van der Waals surface area (Å²) in [5.74, 6) is 0. The number of hydrogen-bond acceptors (Lipinski definition) is 2. The van der Waals surface area contributed by atoms with Crippen molar-refractivity contribution < 1.29 is 0 Å². The van der Waals surface area contributed by atoms with Crippen LogP contribution in [0.1, 0.15) is 12.5 Å². The molecule has 1 heterocycles. The first-order valence-corrected chi connectivity index (χ1v) is 6.09. The maximum atomic E-state index is 6.04. The van der Waals surface area contributed by atoms with Gasteiger partial charge >= 0.3 is 0 Å². The molecule has 0 atom stereocenters. The third kappa shape index (κ3) is 2.51. The summed E-state index contributed by atoms with van der Waals surface area (Å²) in [6.07, 6.45) is 1.83. The minimum atomic E-state index is 0.765. The van der Waals surface area contributed by atoms with Gasteiger partial charge in [0.1, 0.15) is 0 Å². The number of benzene rings is 1. The maximum absolute atomic E-state index is 6.04. The van der Waals surface area contributed by atoms with Crippen molar-refractivity contribution in [3.63, 3.8) is 0 Å². The van der Waals surface area contributed by atoms with E-state index in [0.29, 0.717) is 0 Å². The number of aromatic nitrogens is 2. The normalized spacial score (nSPS) is 10.8. The molecule has 3 nitrogen and oxygen atoms in total. The van der Waals surface area contributed by atoms with Crippen LogP contribution in [-0.2, 0) is 13.1 Å². The zero-order valence-corrected chi connectivity index (χ0v) is 10.8. The highest BCUT2D eigenvalue weighted by Crippen LogP contribution is 2.26. The Bertz CT molecular complexity index is 505. The molecule has 0 saturated carbocycles. The van der Waals surface area contributed by atoms with E-state index in [1.807, 2.05) is 36.1 Å². The fourth-order valence-corrected chi connectivity index (χ4v) is 2.16. The zero-order valence-electron chi connectivity index (χ0n) is 10.1. The van der Waals surface area contributed by atoms with Gasteiger partial charge in [-0.3, -0.25) is 4.68 Å². The molecule has 2 rings (SSSR count). The van der Waals surface area contributed by atoms with Crippen molar-refractivity contribution in [3.8, 4) is 11.3 Å². The van der Waals surface area contributed by atoms with Crippen molar-refractivity contribution in [2.24, 2.45) is 0 Å². The van der Waals surface area contributed by atoms with Gasteiger partial charge in [-0.15, -0.1) is 0 Å². The van der Waals surface area contributed by atoms with Gasteiger partial charge in [0.25, 0.3) is 0 Å². The molecular weight excluding hydrogens is 234 g/mol. The number of hydrogen-bond donors (Lipinski definition) is 1. The lowest BCUT2D eigenvalue weighted by Gasteiger charge is -2.11. The number of halogens is 1. The Labute approximate surface area is 106 Å². The second-order valence-corrected chi connectivity index (χ2v) is 4.30. The monoisotopic (exact) mass is 249 g/mol. The molecule has 0 aliphatic rings. The number of aryl methyl sites for hydroxylation is 1. The van der Waals surface area contributed by atoms with Gasteiger partial charge in [0.15, 0.2) is 0 Å². The highest BCUT2D eigenvalue weighted by molar-refractivity contribution is 6.30. The van der Waals surface area contributed by atoms with E-state index in [2.05, 4.69) is 23.4 Å². The van der Waals surface area contributed by atoms with Crippen LogP contribution in [0.4, 0.5) is 0 Å². The van der Waals surface area contributed by atoms with E-state index in [1.165, 1.54) is 11.1 Å². The van der Waals surface area contributed by atoms with E-state index in [1.54, 1.807) is 0 Å². The van der Waals surface area contributed by atoms with Crippen LogP contribution in [-0.4, -0.2) is 16.8 Å². The quantitative estimate of drug-likeness (QED) is 0.903. The molecule has 4 heteroatoms. The van der Waals surface area contributed by atoms with Crippen molar-refractivity contribution in [3.05, 3.63) is 41.0 Å². The van der Waals surface area contributed by atoms with Gasteiger partial charge in [0.2, 0.25) is 0 Å². The standard InChI is InChI=1S/C13H16ClN3/c1-3-17-13(6-7-16-17)12-5-4-11(14)8-10(12)9-15-2/h4-8,15H,3,9H2,1-2H3. The van der Waals surface area contributed by atoms with E-state index in [4.69, 9.17) is 11.6 Å². The Morgan fingerprint density at radius 1 is 1.35 bits per heavy atom. The van der Waals surface area contributed by atoms with Crippen LogP contribution < -0.4 is 5.32 Å². The summed E-state index contributed by atoms with van der Waals surface area (Å²) in [6, 6.07) is 8.01. The second kappa shape index (κ2) is 5.34. The van der Waals surface area contributed by atoms with Crippen LogP contribution in [0, 0.1) is 0 Å². The second-order valence-electron chi connectivity index (χ2n) is 3.86. The van der Waals surface area contributed by atoms with Crippen molar-refractivity contribution in [2.75, 3.05) is 7.05 Å². The summed E-state index contributed by atoms with van der Waals surface area (Å²) in [6.45, 7) is 3.75. The lowest BCUT2D eigenvalue weighted by Crippen LogP contribution is -2.08.